The van der Waals surface area contributed by atoms with Crippen LogP contribution in [0.1, 0.15) is 28.8 Å². The Bertz CT molecular complexity index is 661. The fourth-order valence-corrected chi connectivity index (χ4v) is 2.06. The number of hydrogen-bond donors (Lipinski definition) is 0. The number of ketones is 1. The molecular formula is C17H14F2O2. The van der Waals surface area contributed by atoms with Crippen LogP contribution in [0.3, 0.4) is 0 Å². The Balaban J connectivity index is 1.70. The zero-order valence-electron chi connectivity index (χ0n) is 11.3. The van der Waals surface area contributed by atoms with E-state index in [1.54, 1.807) is 24.3 Å². The van der Waals surface area contributed by atoms with Crippen LogP contribution >= 0.6 is 0 Å². The Hall–Kier alpha value is -2.23. The van der Waals surface area contributed by atoms with Crippen LogP contribution in [0.4, 0.5) is 8.78 Å². The highest BCUT2D eigenvalue weighted by molar-refractivity contribution is 5.97. The Kier molecular flexibility index (Phi) is 3.69. The molecule has 0 aromatic heterocycles. The van der Waals surface area contributed by atoms with Gasteiger partial charge in [-0.25, -0.2) is 8.78 Å². The predicted molar refractivity (Wildman–Crippen MR) is 74.5 cm³/mol. The number of carbonyl (C=O) groups is 1. The number of rotatable bonds is 5. The first-order chi connectivity index (χ1) is 10.1. The highest BCUT2D eigenvalue weighted by Crippen LogP contribution is 2.27. The third-order valence-corrected chi connectivity index (χ3v) is 3.39. The van der Waals surface area contributed by atoms with Crippen LogP contribution in [-0.2, 0) is 6.42 Å². The molecule has 1 fully saturated rings. The van der Waals surface area contributed by atoms with Crippen LogP contribution in [0.25, 0.3) is 0 Å². The highest BCUT2D eigenvalue weighted by Gasteiger charge is 2.23. The van der Waals surface area contributed by atoms with Gasteiger partial charge in [-0.05, 0) is 48.7 Å². The second-order valence-corrected chi connectivity index (χ2v) is 5.15. The molecule has 1 aliphatic carbocycles. The zero-order chi connectivity index (χ0) is 14.8. The Morgan fingerprint density at radius 3 is 2.48 bits per heavy atom. The van der Waals surface area contributed by atoms with E-state index in [2.05, 4.69) is 0 Å². The van der Waals surface area contributed by atoms with Crippen LogP contribution in [0.2, 0.25) is 0 Å². The number of Topliss-reactive ketones (excluding diaryl/α,β-unsaturated/α-hetero) is 1. The van der Waals surface area contributed by atoms with E-state index >= 15 is 0 Å². The van der Waals surface area contributed by atoms with Crippen LogP contribution in [0, 0.1) is 11.6 Å². The van der Waals surface area contributed by atoms with Crippen LogP contribution in [0.15, 0.2) is 42.5 Å². The zero-order valence-corrected chi connectivity index (χ0v) is 11.3. The molecule has 108 valence electrons. The summed E-state index contributed by atoms with van der Waals surface area (Å²) < 4.78 is 32.2. The molecule has 0 amide bonds. The third kappa shape index (κ3) is 3.27. The molecule has 0 aliphatic heterocycles. The van der Waals surface area contributed by atoms with Gasteiger partial charge in [0.05, 0.1) is 6.10 Å². The molecule has 0 atom stereocenters. The van der Waals surface area contributed by atoms with Gasteiger partial charge in [0.15, 0.2) is 17.4 Å². The Morgan fingerprint density at radius 1 is 1.10 bits per heavy atom. The van der Waals surface area contributed by atoms with E-state index in [9.17, 15) is 13.6 Å². The second-order valence-electron chi connectivity index (χ2n) is 5.15. The molecular weight excluding hydrogens is 274 g/mol. The van der Waals surface area contributed by atoms with Crippen LogP contribution in [0.5, 0.6) is 5.75 Å². The first-order valence-electron chi connectivity index (χ1n) is 6.86. The van der Waals surface area contributed by atoms with Gasteiger partial charge in [-0.2, -0.15) is 0 Å². The molecule has 0 unspecified atom stereocenters. The first kappa shape index (κ1) is 13.7. The standard InChI is InChI=1S/C17H14F2O2/c18-15-3-1-2-12(17(15)19)10-16(20)11-4-6-13(7-5-11)21-14-8-9-14/h1-7,14H,8-10H2. The summed E-state index contributed by atoms with van der Waals surface area (Å²) in [7, 11) is 0. The number of carbonyl (C=O) groups excluding carboxylic acids is 1. The van der Waals surface area contributed by atoms with Crippen LogP contribution < -0.4 is 4.74 Å². The maximum absolute atomic E-state index is 13.5. The first-order valence-corrected chi connectivity index (χ1v) is 6.86. The van der Waals surface area contributed by atoms with Gasteiger partial charge in [0, 0.05) is 12.0 Å². The molecule has 1 aliphatic rings. The predicted octanol–water partition coefficient (Wildman–Crippen LogP) is 3.93. The summed E-state index contributed by atoms with van der Waals surface area (Å²) in [5.74, 6) is -1.42. The van der Waals surface area contributed by atoms with Gasteiger partial charge in [0.25, 0.3) is 0 Å². The van der Waals surface area contributed by atoms with Gasteiger partial charge in [-0.3, -0.25) is 4.79 Å². The van der Waals surface area contributed by atoms with E-state index in [0.29, 0.717) is 11.7 Å². The van der Waals surface area contributed by atoms with E-state index in [1.807, 2.05) is 0 Å². The Morgan fingerprint density at radius 2 is 1.81 bits per heavy atom. The lowest BCUT2D eigenvalue weighted by Gasteiger charge is -2.06. The summed E-state index contributed by atoms with van der Waals surface area (Å²) in [4.78, 5) is 12.1. The molecule has 0 heterocycles. The highest BCUT2D eigenvalue weighted by atomic mass is 19.2. The van der Waals surface area contributed by atoms with Crippen LogP contribution in [-0.4, -0.2) is 11.9 Å². The van der Waals surface area contributed by atoms with Gasteiger partial charge >= 0.3 is 0 Å². The molecule has 0 radical (unpaired) electrons. The maximum Gasteiger partial charge on any atom is 0.167 e. The number of benzene rings is 2. The molecule has 21 heavy (non-hydrogen) atoms. The molecule has 4 heteroatoms. The van der Waals surface area contributed by atoms with E-state index in [0.717, 1.165) is 24.7 Å². The van der Waals surface area contributed by atoms with Crippen molar-refractivity contribution in [2.45, 2.75) is 25.4 Å². The molecule has 1 saturated carbocycles. The molecule has 0 spiro atoms. The second kappa shape index (κ2) is 5.64. The summed E-state index contributed by atoms with van der Waals surface area (Å²) in [5.41, 5.74) is 0.528. The van der Waals surface area contributed by atoms with Crippen molar-refractivity contribution < 1.29 is 18.3 Å². The van der Waals surface area contributed by atoms with Crippen molar-refractivity contribution in [3.63, 3.8) is 0 Å². The third-order valence-electron chi connectivity index (χ3n) is 3.39. The summed E-state index contributed by atoms with van der Waals surface area (Å²) in [5, 5.41) is 0. The molecule has 3 rings (SSSR count). The summed E-state index contributed by atoms with van der Waals surface area (Å²) in [6, 6.07) is 10.6. The quantitative estimate of drug-likeness (QED) is 0.779. The van der Waals surface area contributed by atoms with Crippen molar-refractivity contribution in [2.75, 3.05) is 0 Å². The minimum Gasteiger partial charge on any atom is -0.490 e. The molecule has 2 aromatic carbocycles. The van der Waals surface area contributed by atoms with E-state index in [-0.39, 0.29) is 17.8 Å². The van der Waals surface area contributed by atoms with Gasteiger partial charge in [-0.15, -0.1) is 0 Å². The smallest absolute Gasteiger partial charge is 0.167 e. The largest absolute Gasteiger partial charge is 0.490 e. The van der Waals surface area contributed by atoms with Crippen molar-refractivity contribution in [3.8, 4) is 5.75 Å². The number of halogens is 2. The van der Waals surface area contributed by atoms with Gasteiger partial charge < -0.3 is 4.74 Å². The lowest BCUT2D eigenvalue weighted by molar-refractivity contribution is 0.0991. The molecule has 0 saturated heterocycles. The van der Waals surface area contributed by atoms with Gasteiger partial charge in [-0.1, -0.05) is 12.1 Å². The Labute approximate surface area is 121 Å². The lowest BCUT2D eigenvalue weighted by atomic mass is 10.0. The lowest BCUT2D eigenvalue weighted by Crippen LogP contribution is -2.06. The van der Waals surface area contributed by atoms with E-state index < -0.39 is 11.6 Å². The molecule has 2 aromatic rings. The van der Waals surface area contributed by atoms with Crippen molar-refractivity contribution in [2.24, 2.45) is 0 Å². The average molecular weight is 288 g/mol. The van der Waals surface area contributed by atoms with E-state index in [1.165, 1.54) is 12.1 Å². The van der Waals surface area contributed by atoms with Gasteiger partial charge in [0.1, 0.15) is 5.75 Å². The average Bonchev–Trinajstić information content (AvgIpc) is 3.28. The van der Waals surface area contributed by atoms with Crippen molar-refractivity contribution >= 4 is 5.78 Å². The SMILES string of the molecule is O=C(Cc1cccc(F)c1F)c1ccc(OC2CC2)cc1. The van der Waals surface area contributed by atoms with Crippen molar-refractivity contribution in [1.29, 1.82) is 0 Å². The normalized spacial score (nSPS) is 14.0. The van der Waals surface area contributed by atoms with Crippen molar-refractivity contribution in [1.82, 2.24) is 0 Å². The van der Waals surface area contributed by atoms with E-state index in [4.69, 9.17) is 4.74 Å². The summed E-state index contributed by atoms with van der Waals surface area (Å²) in [6.45, 7) is 0. The molecule has 0 N–H and O–H groups in total. The number of hydrogen-bond acceptors (Lipinski definition) is 2. The molecule has 2 nitrogen and oxygen atoms in total. The minimum atomic E-state index is -0.959. The minimum absolute atomic E-state index is 0.0679. The monoisotopic (exact) mass is 288 g/mol. The summed E-state index contributed by atoms with van der Waals surface area (Å²) >= 11 is 0. The fraction of sp³-hybridized carbons (Fsp3) is 0.235. The maximum atomic E-state index is 13.5. The number of ether oxygens (including phenoxy) is 1. The van der Waals surface area contributed by atoms with Gasteiger partial charge in [0.2, 0.25) is 0 Å². The fourth-order valence-electron chi connectivity index (χ4n) is 2.06. The molecule has 0 bridgehead atoms. The topological polar surface area (TPSA) is 26.3 Å². The summed E-state index contributed by atoms with van der Waals surface area (Å²) in [6.07, 6.45) is 2.28. The van der Waals surface area contributed by atoms with Crippen molar-refractivity contribution in [3.05, 3.63) is 65.2 Å².